The number of rotatable bonds is 6. The number of anilines is 1. The van der Waals surface area contributed by atoms with Crippen molar-refractivity contribution < 1.29 is 14.6 Å². The van der Waals surface area contributed by atoms with E-state index in [1.165, 1.54) is 0 Å². The molecule has 2 heterocycles. The molecule has 0 atom stereocenters. The monoisotopic (exact) mass is 305 g/mol. The van der Waals surface area contributed by atoms with Crippen LogP contribution in [0.2, 0.25) is 0 Å². The first-order chi connectivity index (χ1) is 10.3. The number of esters is 1. The van der Waals surface area contributed by atoms with Crippen molar-refractivity contribution >= 4 is 17.2 Å². The molecule has 2 aromatic heterocycles. The third-order valence-electron chi connectivity index (χ3n) is 3.41. The molecule has 0 aromatic carbocycles. The highest BCUT2D eigenvalue weighted by Gasteiger charge is 2.16. The number of aryl methyl sites for hydroxylation is 1. The van der Waals surface area contributed by atoms with E-state index in [2.05, 4.69) is 10.4 Å². The number of ether oxygens (including phenoxy) is 1. The second-order valence-corrected chi connectivity index (χ2v) is 5.89. The van der Waals surface area contributed by atoms with Crippen LogP contribution in [0.4, 0.5) is 5.69 Å². The van der Waals surface area contributed by atoms with Crippen molar-refractivity contribution in [3.63, 3.8) is 0 Å². The van der Waals surface area contributed by atoms with E-state index in [9.17, 15) is 9.90 Å². The first-order valence-electron chi connectivity index (χ1n) is 7.43. The normalized spacial score (nSPS) is 11.7. The Morgan fingerprint density at radius 3 is 2.77 bits per heavy atom. The highest BCUT2D eigenvalue weighted by molar-refractivity contribution is 5.96. The van der Waals surface area contributed by atoms with Crippen LogP contribution >= 0.6 is 0 Å². The molecule has 0 aliphatic heterocycles. The molecule has 22 heavy (non-hydrogen) atoms. The van der Waals surface area contributed by atoms with Crippen molar-refractivity contribution in [1.29, 1.82) is 0 Å². The summed E-state index contributed by atoms with van der Waals surface area (Å²) in [5.74, 6) is -0.373. The van der Waals surface area contributed by atoms with Crippen LogP contribution in [-0.2, 0) is 11.2 Å². The van der Waals surface area contributed by atoms with Crippen LogP contribution in [0.15, 0.2) is 18.3 Å². The zero-order chi connectivity index (χ0) is 16.3. The number of hydrogen-bond acceptors (Lipinski definition) is 5. The molecule has 0 radical (unpaired) electrons. The van der Waals surface area contributed by atoms with Gasteiger partial charge in [0.15, 0.2) is 0 Å². The Morgan fingerprint density at radius 2 is 2.18 bits per heavy atom. The fraction of sp³-hybridized carbons (Fsp3) is 0.500. The lowest BCUT2D eigenvalue weighted by Gasteiger charge is -2.15. The molecule has 2 N–H and O–H groups in total. The standard InChI is InChI=1S/C16H23N3O3/c1-5-22-15(20)13-10-19-12(9-14(13)17-4)8-11(18-19)6-7-16(2,3)21/h8-10,17,21H,5-7H2,1-4H3. The van der Waals surface area contributed by atoms with Crippen LogP contribution < -0.4 is 5.32 Å². The molecule has 0 saturated carbocycles. The Hall–Kier alpha value is -2.08. The van der Waals surface area contributed by atoms with Crippen molar-refractivity contribution in [2.75, 3.05) is 19.0 Å². The summed E-state index contributed by atoms with van der Waals surface area (Å²) in [6, 6.07) is 3.83. The second kappa shape index (κ2) is 6.36. The largest absolute Gasteiger partial charge is 0.462 e. The van der Waals surface area contributed by atoms with Gasteiger partial charge in [-0.1, -0.05) is 0 Å². The summed E-state index contributed by atoms with van der Waals surface area (Å²) in [5, 5.41) is 17.3. The lowest BCUT2D eigenvalue weighted by molar-refractivity contribution is 0.0526. The number of hydrogen-bond donors (Lipinski definition) is 2. The number of carbonyl (C=O) groups is 1. The Balaban J connectivity index is 2.34. The molecule has 0 spiro atoms. The van der Waals surface area contributed by atoms with E-state index in [1.807, 2.05) is 12.1 Å². The molecule has 0 aliphatic carbocycles. The maximum absolute atomic E-state index is 12.0. The van der Waals surface area contributed by atoms with E-state index < -0.39 is 5.60 Å². The zero-order valence-corrected chi connectivity index (χ0v) is 13.5. The summed E-state index contributed by atoms with van der Waals surface area (Å²) >= 11 is 0. The predicted octanol–water partition coefficient (Wildman–Crippen LogP) is 2.26. The van der Waals surface area contributed by atoms with Crippen molar-refractivity contribution in [2.45, 2.75) is 39.2 Å². The first-order valence-corrected chi connectivity index (χ1v) is 7.43. The fourth-order valence-corrected chi connectivity index (χ4v) is 2.22. The predicted molar refractivity (Wildman–Crippen MR) is 85.3 cm³/mol. The number of carbonyl (C=O) groups excluding carboxylic acids is 1. The van der Waals surface area contributed by atoms with Gasteiger partial charge in [0, 0.05) is 13.2 Å². The molecule has 0 aliphatic rings. The third kappa shape index (κ3) is 3.76. The summed E-state index contributed by atoms with van der Waals surface area (Å²) in [6.45, 7) is 5.66. The number of aromatic nitrogens is 2. The first kappa shape index (κ1) is 16.3. The molecule has 0 saturated heterocycles. The van der Waals surface area contributed by atoms with Gasteiger partial charge < -0.3 is 15.2 Å². The molecule has 2 aromatic rings. The van der Waals surface area contributed by atoms with Crippen LogP contribution in [0.1, 0.15) is 43.2 Å². The van der Waals surface area contributed by atoms with E-state index in [1.54, 1.807) is 38.5 Å². The maximum atomic E-state index is 12.0. The number of nitrogens with zero attached hydrogens (tertiary/aromatic N) is 2. The third-order valence-corrected chi connectivity index (χ3v) is 3.41. The molecule has 6 nitrogen and oxygen atoms in total. The second-order valence-electron chi connectivity index (χ2n) is 5.89. The van der Waals surface area contributed by atoms with Gasteiger partial charge in [-0.3, -0.25) is 0 Å². The van der Waals surface area contributed by atoms with Crippen molar-refractivity contribution in [3.8, 4) is 0 Å². The number of aliphatic hydroxyl groups is 1. The van der Waals surface area contributed by atoms with E-state index in [4.69, 9.17) is 4.74 Å². The van der Waals surface area contributed by atoms with Gasteiger partial charge in [0.2, 0.25) is 0 Å². The van der Waals surface area contributed by atoms with Gasteiger partial charge in [-0.2, -0.15) is 5.10 Å². The fourth-order valence-electron chi connectivity index (χ4n) is 2.22. The minimum absolute atomic E-state index is 0.329. The van der Waals surface area contributed by atoms with Gasteiger partial charge in [-0.05, 0) is 45.7 Å². The average Bonchev–Trinajstić information content (AvgIpc) is 2.85. The molecule has 6 heteroatoms. The topological polar surface area (TPSA) is 75.9 Å². The van der Waals surface area contributed by atoms with Crippen LogP contribution in [-0.4, -0.2) is 39.9 Å². The highest BCUT2D eigenvalue weighted by atomic mass is 16.5. The smallest absolute Gasteiger partial charge is 0.341 e. The Morgan fingerprint density at radius 1 is 1.45 bits per heavy atom. The summed E-state index contributed by atoms with van der Waals surface area (Å²) in [7, 11) is 1.76. The van der Waals surface area contributed by atoms with Crippen LogP contribution in [0.25, 0.3) is 5.52 Å². The number of pyridine rings is 1. The van der Waals surface area contributed by atoms with Gasteiger partial charge >= 0.3 is 5.97 Å². The quantitative estimate of drug-likeness (QED) is 0.801. The van der Waals surface area contributed by atoms with Gasteiger partial charge in [-0.15, -0.1) is 0 Å². The number of fused-ring (bicyclic) bond motifs is 1. The van der Waals surface area contributed by atoms with E-state index in [-0.39, 0.29) is 5.97 Å². The average molecular weight is 305 g/mol. The summed E-state index contributed by atoms with van der Waals surface area (Å²) in [4.78, 5) is 12.0. The summed E-state index contributed by atoms with van der Waals surface area (Å²) in [6.07, 6.45) is 2.97. The molecule has 0 unspecified atom stereocenters. The Bertz CT molecular complexity index is 671. The van der Waals surface area contributed by atoms with Crippen molar-refractivity contribution in [3.05, 3.63) is 29.6 Å². The molecule has 0 fully saturated rings. The van der Waals surface area contributed by atoms with E-state index in [0.29, 0.717) is 30.7 Å². The minimum Gasteiger partial charge on any atom is -0.462 e. The lowest BCUT2D eigenvalue weighted by Crippen LogP contribution is -2.19. The molecular formula is C16H23N3O3. The Kier molecular flexibility index (Phi) is 4.71. The molecule has 2 rings (SSSR count). The summed E-state index contributed by atoms with van der Waals surface area (Å²) < 4.78 is 6.74. The maximum Gasteiger partial charge on any atom is 0.341 e. The summed E-state index contributed by atoms with van der Waals surface area (Å²) in [5.41, 5.74) is 2.21. The van der Waals surface area contributed by atoms with Gasteiger partial charge in [-0.25, -0.2) is 9.31 Å². The van der Waals surface area contributed by atoms with Crippen molar-refractivity contribution in [1.82, 2.24) is 9.61 Å². The van der Waals surface area contributed by atoms with Gasteiger partial charge in [0.05, 0.1) is 29.1 Å². The van der Waals surface area contributed by atoms with Crippen LogP contribution in [0.5, 0.6) is 0 Å². The molecule has 0 bridgehead atoms. The Labute approximate surface area is 130 Å². The van der Waals surface area contributed by atoms with Gasteiger partial charge in [0.1, 0.15) is 5.56 Å². The lowest BCUT2D eigenvalue weighted by atomic mass is 10.0. The van der Waals surface area contributed by atoms with E-state index >= 15 is 0 Å². The molecular weight excluding hydrogens is 282 g/mol. The van der Waals surface area contributed by atoms with Crippen LogP contribution in [0, 0.1) is 0 Å². The van der Waals surface area contributed by atoms with Crippen molar-refractivity contribution in [2.24, 2.45) is 0 Å². The van der Waals surface area contributed by atoms with Crippen LogP contribution in [0.3, 0.4) is 0 Å². The zero-order valence-electron chi connectivity index (χ0n) is 13.5. The SMILES string of the molecule is CCOC(=O)c1cn2nc(CCC(C)(C)O)cc2cc1NC. The number of nitrogens with one attached hydrogen (secondary N) is 1. The van der Waals surface area contributed by atoms with E-state index in [0.717, 1.165) is 11.2 Å². The highest BCUT2D eigenvalue weighted by Crippen LogP contribution is 2.21. The molecule has 120 valence electrons. The van der Waals surface area contributed by atoms with Gasteiger partial charge in [0.25, 0.3) is 0 Å². The minimum atomic E-state index is -0.720. The molecule has 0 amide bonds.